The van der Waals surface area contributed by atoms with Crippen molar-refractivity contribution in [2.24, 2.45) is 0 Å². The van der Waals surface area contributed by atoms with Gasteiger partial charge in [-0.15, -0.1) is 0 Å². The molecule has 0 spiro atoms. The first-order valence-electron chi connectivity index (χ1n) is 3.59. The second-order valence-electron chi connectivity index (χ2n) is 2.53. The van der Waals surface area contributed by atoms with Gasteiger partial charge in [-0.3, -0.25) is 4.79 Å². The van der Waals surface area contributed by atoms with E-state index in [1.54, 1.807) is 0 Å². The van der Waals surface area contributed by atoms with Crippen molar-refractivity contribution >= 4 is 5.97 Å². The van der Waals surface area contributed by atoms with Gasteiger partial charge in [0.05, 0.1) is 0 Å². The van der Waals surface area contributed by atoms with Crippen molar-refractivity contribution in [3.8, 4) is 11.5 Å². The normalized spacial score (nSPS) is 10.2. The molecule has 1 aromatic carbocycles. The highest BCUT2D eigenvalue weighted by Gasteiger charge is 2.27. The summed E-state index contributed by atoms with van der Waals surface area (Å²) in [4.78, 5) is 10.4. The number of hydrogen-bond donors (Lipinski definition) is 1. The Morgan fingerprint density at radius 2 is 1.60 bits per heavy atom. The van der Waals surface area contributed by atoms with Crippen LogP contribution in [0.25, 0.3) is 0 Å². The number of halogens is 4. The van der Waals surface area contributed by atoms with Crippen LogP contribution < -0.4 is 4.74 Å². The largest absolute Gasteiger partial charge is 0.503 e. The van der Waals surface area contributed by atoms with E-state index in [1.807, 2.05) is 0 Å². The van der Waals surface area contributed by atoms with Crippen LogP contribution in [0.1, 0.15) is 6.92 Å². The van der Waals surface area contributed by atoms with Gasteiger partial charge in [-0.2, -0.15) is 13.2 Å². The first-order valence-corrected chi connectivity index (χ1v) is 3.59. The van der Waals surface area contributed by atoms with Crippen LogP contribution in [0.3, 0.4) is 0 Å². The van der Waals surface area contributed by atoms with E-state index in [2.05, 4.69) is 4.74 Å². The summed E-state index contributed by atoms with van der Waals surface area (Å²) < 4.78 is 54.8. The number of rotatable bonds is 1. The molecule has 82 valence electrons. The van der Waals surface area contributed by atoms with Crippen molar-refractivity contribution in [2.45, 2.75) is 6.92 Å². The predicted molar refractivity (Wildman–Crippen MR) is 39.2 cm³/mol. The van der Waals surface area contributed by atoms with Crippen LogP contribution in [-0.2, 0) is 4.79 Å². The van der Waals surface area contributed by atoms with Crippen LogP contribution in [0.4, 0.5) is 17.6 Å². The fourth-order valence-electron chi connectivity index (χ4n) is 0.834. The number of phenolic OH excluding ortho intramolecular Hbond substituents is 1. The molecule has 0 aliphatic heterocycles. The van der Waals surface area contributed by atoms with E-state index in [0.717, 1.165) is 6.92 Å². The molecule has 1 aromatic rings. The van der Waals surface area contributed by atoms with Crippen molar-refractivity contribution in [1.29, 1.82) is 0 Å². The molecule has 0 fully saturated rings. The molecule has 0 saturated heterocycles. The van der Waals surface area contributed by atoms with Crippen LogP contribution in [0, 0.1) is 23.3 Å². The standard InChI is InChI=1S/C8H4F4O3/c1-2(13)15-8-5(11)3(9)4(10)7(14)6(8)12/h14H,1H3. The Kier molecular flexibility index (Phi) is 2.83. The van der Waals surface area contributed by atoms with Gasteiger partial charge in [0.15, 0.2) is 5.75 Å². The second-order valence-corrected chi connectivity index (χ2v) is 2.53. The molecule has 7 heteroatoms. The summed E-state index contributed by atoms with van der Waals surface area (Å²) in [7, 11) is 0. The Morgan fingerprint density at radius 3 is 2.07 bits per heavy atom. The number of phenols is 1. The summed E-state index contributed by atoms with van der Waals surface area (Å²) in [6.45, 7) is 0.803. The van der Waals surface area contributed by atoms with Crippen LogP contribution in [0.2, 0.25) is 0 Å². The van der Waals surface area contributed by atoms with Crippen LogP contribution in [0.15, 0.2) is 0 Å². The Balaban J connectivity index is 3.45. The molecule has 0 saturated carbocycles. The molecule has 0 amide bonds. The van der Waals surface area contributed by atoms with Gasteiger partial charge in [-0.05, 0) is 0 Å². The highest BCUT2D eigenvalue weighted by Crippen LogP contribution is 2.34. The van der Waals surface area contributed by atoms with E-state index < -0.39 is 40.7 Å². The van der Waals surface area contributed by atoms with Gasteiger partial charge in [0.1, 0.15) is 0 Å². The minimum atomic E-state index is -2.12. The van der Waals surface area contributed by atoms with Gasteiger partial charge >= 0.3 is 5.97 Å². The lowest BCUT2D eigenvalue weighted by atomic mass is 10.2. The lowest BCUT2D eigenvalue weighted by Crippen LogP contribution is -2.08. The van der Waals surface area contributed by atoms with E-state index in [0.29, 0.717) is 0 Å². The van der Waals surface area contributed by atoms with Gasteiger partial charge in [0.2, 0.25) is 29.0 Å². The number of carbonyl (C=O) groups excluding carboxylic acids is 1. The number of hydrogen-bond acceptors (Lipinski definition) is 3. The van der Waals surface area contributed by atoms with E-state index in [-0.39, 0.29) is 0 Å². The summed E-state index contributed by atoms with van der Waals surface area (Å²) in [6.07, 6.45) is 0. The van der Waals surface area contributed by atoms with E-state index in [1.165, 1.54) is 0 Å². The molecule has 1 N–H and O–H groups in total. The Bertz CT molecular complexity index is 401. The second kappa shape index (κ2) is 3.76. The van der Waals surface area contributed by atoms with Crippen molar-refractivity contribution in [2.75, 3.05) is 0 Å². The molecule has 0 unspecified atom stereocenters. The lowest BCUT2D eigenvalue weighted by Gasteiger charge is -2.07. The van der Waals surface area contributed by atoms with Gasteiger partial charge in [0, 0.05) is 6.92 Å². The fourth-order valence-corrected chi connectivity index (χ4v) is 0.834. The third-order valence-electron chi connectivity index (χ3n) is 1.45. The third kappa shape index (κ3) is 1.85. The molecule has 0 aliphatic carbocycles. The summed E-state index contributed by atoms with van der Waals surface area (Å²) in [6, 6.07) is 0. The molecule has 0 bridgehead atoms. The number of ether oxygens (including phenoxy) is 1. The molecule has 0 aliphatic rings. The quantitative estimate of drug-likeness (QED) is 0.260. The zero-order valence-corrected chi connectivity index (χ0v) is 7.28. The van der Waals surface area contributed by atoms with Crippen LogP contribution in [0.5, 0.6) is 11.5 Å². The fraction of sp³-hybridized carbons (Fsp3) is 0.125. The van der Waals surface area contributed by atoms with Gasteiger partial charge in [-0.25, -0.2) is 4.39 Å². The highest BCUT2D eigenvalue weighted by atomic mass is 19.2. The summed E-state index contributed by atoms with van der Waals surface area (Å²) in [5.41, 5.74) is 0. The average molecular weight is 224 g/mol. The van der Waals surface area contributed by atoms with Crippen LogP contribution in [-0.4, -0.2) is 11.1 Å². The summed E-state index contributed by atoms with van der Waals surface area (Å²) >= 11 is 0. The monoisotopic (exact) mass is 224 g/mol. The van der Waals surface area contributed by atoms with E-state index in [4.69, 9.17) is 5.11 Å². The van der Waals surface area contributed by atoms with Crippen LogP contribution >= 0.6 is 0 Å². The SMILES string of the molecule is CC(=O)Oc1c(F)c(O)c(F)c(F)c1F. The molecule has 3 nitrogen and oxygen atoms in total. The smallest absolute Gasteiger partial charge is 0.308 e. The lowest BCUT2D eigenvalue weighted by molar-refractivity contribution is -0.132. The molecular formula is C8H4F4O3. The third-order valence-corrected chi connectivity index (χ3v) is 1.45. The van der Waals surface area contributed by atoms with Crippen molar-refractivity contribution in [3.63, 3.8) is 0 Å². The van der Waals surface area contributed by atoms with Crippen molar-refractivity contribution < 1.29 is 32.2 Å². The molecule has 1 rings (SSSR count). The molecule has 0 aromatic heterocycles. The first kappa shape index (κ1) is 11.3. The number of benzene rings is 1. The summed E-state index contributed by atoms with van der Waals surface area (Å²) in [5, 5.41) is 8.66. The van der Waals surface area contributed by atoms with Crippen molar-refractivity contribution in [1.82, 2.24) is 0 Å². The van der Waals surface area contributed by atoms with Crippen molar-refractivity contribution in [3.05, 3.63) is 23.3 Å². The predicted octanol–water partition coefficient (Wildman–Crippen LogP) is 1.87. The van der Waals surface area contributed by atoms with Gasteiger partial charge < -0.3 is 9.84 Å². The summed E-state index contributed by atoms with van der Waals surface area (Å²) in [5.74, 6) is -12.5. The number of carbonyl (C=O) groups is 1. The zero-order valence-electron chi connectivity index (χ0n) is 7.28. The Morgan fingerprint density at radius 1 is 1.07 bits per heavy atom. The van der Waals surface area contributed by atoms with E-state index >= 15 is 0 Å². The molecular weight excluding hydrogens is 220 g/mol. The Labute approximate surface area is 80.9 Å². The highest BCUT2D eigenvalue weighted by molar-refractivity contribution is 5.69. The Hall–Kier alpha value is -1.79. The van der Waals surface area contributed by atoms with Gasteiger partial charge in [-0.1, -0.05) is 0 Å². The number of esters is 1. The zero-order chi connectivity index (χ0) is 11.7. The van der Waals surface area contributed by atoms with Gasteiger partial charge in [0.25, 0.3) is 0 Å². The maximum atomic E-state index is 12.9. The molecule has 0 atom stereocenters. The molecule has 0 radical (unpaired) electrons. The maximum absolute atomic E-state index is 12.9. The minimum Gasteiger partial charge on any atom is -0.503 e. The maximum Gasteiger partial charge on any atom is 0.308 e. The molecule has 0 heterocycles. The minimum absolute atomic E-state index is 0.803. The van der Waals surface area contributed by atoms with E-state index in [9.17, 15) is 22.4 Å². The number of aromatic hydroxyl groups is 1. The topological polar surface area (TPSA) is 46.5 Å². The first-order chi connectivity index (χ1) is 6.86. The molecule has 15 heavy (non-hydrogen) atoms. The average Bonchev–Trinajstić information content (AvgIpc) is 2.18.